The van der Waals surface area contributed by atoms with Crippen LogP contribution < -0.4 is 9.64 Å². The van der Waals surface area contributed by atoms with Gasteiger partial charge in [-0.3, -0.25) is 19.7 Å². The van der Waals surface area contributed by atoms with Gasteiger partial charge in [-0.2, -0.15) is 0 Å². The maximum Gasteiger partial charge on any atom is 0.252 e. The lowest BCUT2D eigenvalue weighted by Gasteiger charge is -2.55. The number of phenolic OH excluding ortho intramolecular Hbond substituents is 1. The Kier molecular flexibility index (Phi) is 14.3. The Morgan fingerprint density at radius 1 is 0.733 bits per heavy atom. The number of nitrogens with zero attached hydrogens (tertiary/aromatic N) is 1. The molecule has 0 aromatic heterocycles. The molecule has 8 N–H and O–H groups in total. The molecule has 2 aromatic rings. The van der Waals surface area contributed by atoms with Crippen LogP contribution in [0.5, 0.6) is 11.5 Å². The summed E-state index contributed by atoms with van der Waals surface area (Å²) in [5, 5.41) is 93.8. The van der Waals surface area contributed by atoms with Crippen molar-refractivity contribution in [3.63, 3.8) is 0 Å². The molecule has 0 spiro atoms. The number of aliphatic hydroxyl groups is 6. The molecule has 75 heavy (non-hydrogen) atoms. The summed E-state index contributed by atoms with van der Waals surface area (Å²) in [6, 6.07) is 3.49. The minimum Gasteiger partial charge on any atom is -0.507 e. The lowest BCUT2D eigenvalue weighted by molar-refractivity contribution is -0.899. The van der Waals surface area contributed by atoms with E-state index in [4.69, 9.17) is 52.1 Å². The highest BCUT2D eigenvalue weighted by atomic mass is 16.8. The van der Waals surface area contributed by atoms with E-state index in [1.54, 1.807) is 27.9 Å². The third kappa shape index (κ3) is 8.45. The predicted molar refractivity (Wildman–Crippen MR) is 253 cm³/mol. The maximum atomic E-state index is 15.3. The number of hydrogen-bond acceptors (Lipinski definition) is 22. The number of nitro groups is 1. The highest BCUT2D eigenvalue weighted by molar-refractivity contribution is 6.30. The van der Waals surface area contributed by atoms with Crippen molar-refractivity contribution >= 4 is 11.6 Å². The number of fused-ring (bicyclic) bond motifs is 8. The first-order valence-electron chi connectivity index (χ1n) is 25.1. The van der Waals surface area contributed by atoms with E-state index in [2.05, 4.69) is 0 Å². The van der Waals surface area contributed by atoms with Gasteiger partial charge in [0.15, 0.2) is 36.9 Å². The summed E-state index contributed by atoms with van der Waals surface area (Å²) < 4.78 is 67.7. The zero-order chi connectivity index (χ0) is 55.1. The van der Waals surface area contributed by atoms with Gasteiger partial charge in [0.1, 0.15) is 77.1 Å². The van der Waals surface area contributed by atoms with Crippen molar-refractivity contribution in [2.45, 2.75) is 201 Å². The summed E-state index contributed by atoms with van der Waals surface area (Å²) in [5.74, 6) is -2.35. The number of aliphatic hydroxyl groups excluding tert-OH is 3. The highest BCUT2D eigenvalue weighted by Crippen LogP contribution is 2.54. The van der Waals surface area contributed by atoms with Gasteiger partial charge in [-0.05, 0) is 66.2 Å². The first kappa shape index (κ1) is 55.8. The molecular weight excluding hydrogens is 993 g/mol. The van der Waals surface area contributed by atoms with E-state index in [0.29, 0.717) is 4.90 Å². The van der Waals surface area contributed by atoms with Gasteiger partial charge >= 0.3 is 0 Å². The monoisotopic (exact) mass is 1060 g/mol. The fourth-order valence-electron chi connectivity index (χ4n) is 13.0. The predicted octanol–water partition coefficient (Wildman–Crippen LogP) is -0.931. The molecule has 9 rings (SSSR count). The van der Waals surface area contributed by atoms with E-state index in [0.717, 1.165) is 0 Å². The van der Waals surface area contributed by atoms with Crippen molar-refractivity contribution in [3.8, 4) is 11.5 Å². The number of rotatable bonds is 11. The Labute approximate surface area is 432 Å². The number of hydrogen-bond donors (Lipinski definition) is 8. The Hall–Kier alpha value is -3.90. The van der Waals surface area contributed by atoms with Crippen LogP contribution in [0.4, 0.5) is 0 Å². The zero-order valence-electron chi connectivity index (χ0n) is 44.2. The molecule has 5 heterocycles. The molecule has 416 valence electrons. The van der Waals surface area contributed by atoms with E-state index < -0.39 is 167 Å². The Morgan fingerprint density at radius 3 is 1.85 bits per heavy atom. The van der Waals surface area contributed by atoms with Crippen LogP contribution in [0.1, 0.15) is 116 Å². The summed E-state index contributed by atoms with van der Waals surface area (Å²) in [4.78, 5) is 43.4. The van der Waals surface area contributed by atoms with Gasteiger partial charge in [-0.1, -0.05) is 6.07 Å². The molecule has 2 aromatic carbocycles. The molecule has 24 heteroatoms. The standard InChI is InChI=1S/C51H70N2O22/c1-19-37(58)49(6,61)42(66-12)45(69-19)73-36-27-22(17-48(5,60)41(36)65-11)16-24-28(32(27)55)33(56)29-23(31(24)54)14-15-25-35(29)72-44-34(57)30(52(9)10)40(51(25,8)75-44)71-26-18-47(4,53(63)64)39(21(3)68-26)74-46-43(67-13)50(7,62)38(59)20(2)70-46/h14-16,19-21,26,30,34,36-46,55,57-62H,17-18H2,1-13H3/p+1/t19-,20-,21+,26-,30-,34-,36+,37-,38-,39+,40-,41+,42-,43-,44+,45-,46-,47-,48+,49+,50+,51+/m0/s1. The summed E-state index contributed by atoms with van der Waals surface area (Å²) in [7, 11) is 7.40. The summed E-state index contributed by atoms with van der Waals surface area (Å²) in [6.45, 7) is 11.8. The number of aromatic hydroxyl groups is 1. The first-order valence-corrected chi connectivity index (χ1v) is 25.1. The average Bonchev–Trinajstić information content (AvgIpc) is 3.31. The molecule has 0 amide bonds. The minimum atomic E-state index is -1.94. The smallest absolute Gasteiger partial charge is 0.252 e. The number of likely N-dealkylation sites (N-methyl/N-ethyl adjacent to an activating group) is 1. The van der Waals surface area contributed by atoms with E-state index in [9.17, 15) is 50.7 Å². The van der Waals surface area contributed by atoms with Crippen molar-refractivity contribution < 1.29 is 107 Å². The zero-order valence-corrected chi connectivity index (χ0v) is 44.2. The quantitative estimate of drug-likeness (QED) is 0.0850. The van der Waals surface area contributed by atoms with Crippen LogP contribution in [0.25, 0.3) is 0 Å². The van der Waals surface area contributed by atoms with Gasteiger partial charge in [0.25, 0.3) is 5.54 Å². The largest absolute Gasteiger partial charge is 0.507 e. The van der Waals surface area contributed by atoms with Gasteiger partial charge in [-0.15, -0.1) is 0 Å². The Bertz CT molecular complexity index is 2590. The van der Waals surface area contributed by atoms with Crippen LogP contribution >= 0.6 is 0 Å². The van der Waals surface area contributed by atoms with Crippen molar-refractivity contribution in [1.29, 1.82) is 0 Å². The van der Waals surface area contributed by atoms with Crippen LogP contribution in [-0.2, 0) is 59.4 Å². The topological polar surface area (TPSA) is 325 Å². The van der Waals surface area contributed by atoms with Crippen LogP contribution in [0.15, 0.2) is 18.2 Å². The van der Waals surface area contributed by atoms with E-state index in [1.165, 1.54) is 81.1 Å². The third-order valence-corrected chi connectivity index (χ3v) is 17.0. The van der Waals surface area contributed by atoms with Crippen LogP contribution in [0.2, 0.25) is 0 Å². The van der Waals surface area contributed by atoms with Crippen molar-refractivity contribution in [2.75, 3.05) is 35.4 Å². The summed E-state index contributed by atoms with van der Waals surface area (Å²) in [6.07, 6.45) is -21.3. The number of methoxy groups -OCH3 is 3. The molecule has 22 atom stereocenters. The second-order valence-electron chi connectivity index (χ2n) is 22.6. The number of nitrogens with one attached hydrogen (secondary N) is 1. The lowest BCUT2D eigenvalue weighted by atomic mass is 9.71. The molecule has 2 aliphatic carbocycles. The number of carbonyl (C=O) groups is 2. The number of ketones is 2. The van der Waals surface area contributed by atoms with E-state index in [1.807, 2.05) is 0 Å². The molecule has 4 saturated heterocycles. The number of benzene rings is 2. The molecule has 4 fully saturated rings. The molecule has 5 aliphatic heterocycles. The number of carbonyl (C=O) groups excluding carboxylic acids is 2. The number of ether oxygens (including phenoxy) is 11. The molecule has 0 saturated carbocycles. The molecule has 0 radical (unpaired) electrons. The van der Waals surface area contributed by atoms with Crippen molar-refractivity contribution in [3.05, 3.63) is 67.3 Å². The molecular formula is C51H71N2O22+. The second kappa shape index (κ2) is 19.2. The minimum absolute atomic E-state index is 0.0201. The summed E-state index contributed by atoms with van der Waals surface area (Å²) >= 11 is 0. The van der Waals surface area contributed by atoms with Gasteiger partial charge in [0, 0.05) is 61.9 Å². The number of phenols is 1. The highest BCUT2D eigenvalue weighted by Gasteiger charge is 2.65. The molecule has 7 aliphatic rings. The van der Waals surface area contributed by atoms with Gasteiger partial charge in [0.2, 0.25) is 12.1 Å². The van der Waals surface area contributed by atoms with Crippen LogP contribution in [0, 0.1) is 10.1 Å². The molecule has 24 nitrogen and oxygen atoms in total. The SMILES string of the molecule is CO[C@@H]1[C@H](O[C@@H]2O[C@@H](C)[C@H](O)[C@@](C)(O)[C@H]2OC)c2c(cc3c(c2O)C(=O)c2c(ccc4c2O[C@@H]2O[C@@]4(C)[C@@H](O[C@H]4C[C@](C)([N+](=O)[O-])[C@H](O[C@@H]5O[C@@H](C)[C@H](O)[C@@](C)(O)[C@H]5OC)[C@@H](C)O4)[C@@H]([NH+](C)C)[C@@H]2O)C3=O)C[C@@]1(C)O. The molecule has 2 bridgehead atoms. The number of quaternary nitrogens is 1. The van der Waals surface area contributed by atoms with E-state index >= 15 is 4.79 Å². The Morgan fingerprint density at radius 2 is 1.31 bits per heavy atom. The lowest BCUT2D eigenvalue weighted by Crippen LogP contribution is -3.14. The van der Waals surface area contributed by atoms with Crippen LogP contribution in [0.3, 0.4) is 0 Å². The van der Waals surface area contributed by atoms with E-state index in [-0.39, 0.29) is 45.6 Å². The van der Waals surface area contributed by atoms with Crippen molar-refractivity contribution in [1.82, 2.24) is 0 Å². The Balaban J connectivity index is 1.08. The van der Waals surface area contributed by atoms with Crippen LogP contribution in [-0.4, -0.2) is 208 Å². The fraction of sp³-hybridized carbons (Fsp3) is 0.725. The average molecular weight is 1060 g/mol. The maximum absolute atomic E-state index is 15.3. The van der Waals surface area contributed by atoms with Gasteiger partial charge in [-0.25, -0.2) is 0 Å². The normalized spacial score (nSPS) is 45.3. The third-order valence-electron chi connectivity index (χ3n) is 17.0. The van der Waals surface area contributed by atoms with Gasteiger partial charge in [0.05, 0.1) is 55.6 Å². The van der Waals surface area contributed by atoms with Crippen molar-refractivity contribution in [2.24, 2.45) is 0 Å². The second-order valence-corrected chi connectivity index (χ2v) is 22.6. The first-order chi connectivity index (χ1) is 34.9. The fourth-order valence-corrected chi connectivity index (χ4v) is 13.0. The molecule has 0 unspecified atom stereocenters. The summed E-state index contributed by atoms with van der Waals surface area (Å²) in [5.41, 5.74) is -9.60. The van der Waals surface area contributed by atoms with Gasteiger partial charge < -0.3 is 92.8 Å².